The summed E-state index contributed by atoms with van der Waals surface area (Å²) in [5, 5.41) is 0. The van der Waals surface area contributed by atoms with Crippen molar-refractivity contribution < 1.29 is 0 Å². The van der Waals surface area contributed by atoms with Crippen LogP contribution in [0.1, 0.15) is 24.5 Å². The van der Waals surface area contributed by atoms with E-state index in [1.807, 2.05) is 6.20 Å². The van der Waals surface area contributed by atoms with Crippen LogP contribution in [-0.2, 0) is 6.54 Å². The van der Waals surface area contributed by atoms with Gasteiger partial charge in [-0.05, 0) is 72.9 Å². The van der Waals surface area contributed by atoms with Gasteiger partial charge in [0.25, 0.3) is 0 Å². The lowest BCUT2D eigenvalue weighted by atomic mass is 9.95. The number of aliphatic imine (C=N–C) groups is 1. The molecule has 34 heavy (non-hydrogen) atoms. The van der Waals surface area contributed by atoms with E-state index in [-0.39, 0.29) is 0 Å². The van der Waals surface area contributed by atoms with Crippen molar-refractivity contribution in [1.82, 2.24) is 19.4 Å². The first-order valence-corrected chi connectivity index (χ1v) is 13.0. The van der Waals surface area contributed by atoms with Crippen molar-refractivity contribution in [1.29, 1.82) is 0 Å². The van der Waals surface area contributed by atoms with Crippen LogP contribution in [0.4, 0.5) is 0 Å². The average Bonchev–Trinajstić information content (AvgIpc) is 3.49. The van der Waals surface area contributed by atoms with Crippen LogP contribution >= 0.6 is 11.9 Å². The molecule has 178 valence electrons. The summed E-state index contributed by atoms with van der Waals surface area (Å²) in [6.07, 6.45) is 4.99. The minimum absolute atomic E-state index is 0.923. The Hall–Kier alpha value is -2.38. The SMILES string of the molecule is CC1=C(NSc2ccccc2-c2ccc(C3=NC=CC3)cc2CN2CCN(C)CC2)CN(C)C1. The fourth-order valence-corrected chi connectivity index (χ4v) is 5.85. The van der Waals surface area contributed by atoms with Gasteiger partial charge in [0.05, 0.1) is 5.71 Å². The molecular formula is C28H35N5S. The molecule has 0 saturated carbocycles. The number of hydrogen-bond acceptors (Lipinski definition) is 6. The van der Waals surface area contributed by atoms with E-state index in [4.69, 9.17) is 0 Å². The van der Waals surface area contributed by atoms with Gasteiger partial charge in [-0.25, -0.2) is 0 Å². The Bertz CT molecular complexity index is 1130. The van der Waals surface area contributed by atoms with Gasteiger partial charge in [0.2, 0.25) is 0 Å². The number of rotatable bonds is 7. The van der Waals surface area contributed by atoms with Gasteiger partial charge in [-0.3, -0.25) is 14.8 Å². The fourth-order valence-electron chi connectivity index (χ4n) is 4.94. The number of likely N-dealkylation sites (N-methyl/N-ethyl adjacent to an activating group) is 2. The standard InChI is InChI=1S/C28H35N5S/c1-21-18-32(3)20-27(21)30-34-28-9-5-4-7-25(28)24-11-10-22(26-8-6-12-29-26)17-23(24)19-33-15-13-31(2)14-16-33/h4-7,9-12,17,30H,8,13-16,18-20H2,1-3H3. The van der Waals surface area contributed by atoms with Crippen LogP contribution in [0, 0.1) is 0 Å². The molecule has 2 aromatic rings. The van der Waals surface area contributed by atoms with E-state index in [1.54, 1.807) is 11.9 Å². The van der Waals surface area contributed by atoms with E-state index in [1.165, 1.54) is 44.1 Å². The van der Waals surface area contributed by atoms with Gasteiger partial charge in [0.1, 0.15) is 0 Å². The smallest absolute Gasteiger partial charge is 0.0514 e. The molecule has 5 nitrogen and oxygen atoms in total. The highest BCUT2D eigenvalue weighted by Crippen LogP contribution is 2.35. The highest BCUT2D eigenvalue weighted by Gasteiger charge is 2.20. The third kappa shape index (κ3) is 5.31. The molecule has 0 amide bonds. The minimum atomic E-state index is 0.923. The fraction of sp³-hybridized carbons (Fsp3) is 0.393. The zero-order valence-electron chi connectivity index (χ0n) is 20.6. The van der Waals surface area contributed by atoms with Crippen LogP contribution in [0.3, 0.4) is 0 Å². The van der Waals surface area contributed by atoms with Crippen molar-refractivity contribution in [3.63, 3.8) is 0 Å². The van der Waals surface area contributed by atoms with Gasteiger partial charge >= 0.3 is 0 Å². The average molecular weight is 474 g/mol. The molecular weight excluding hydrogens is 438 g/mol. The second-order valence-electron chi connectivity index (χ2n) is 9.75. The molecule has 0 bridgehead atoms. The Morgan fingerprint density at radius 3 is 2.50 bits per heavy atom. The van der Waals surface area contributed by atoms with E-state index in [0.29, 0.717) is 0 Å². The topological polar surface area (TPSA) is 34.1 Å². The summed E-state index contributed by atoms with van der Waals surface area (Å²) in [4.78, 5) is 13.2. The highest BCUT2D eigenvalue weighted by molar-refractivity contribution is 7.97. The Morgan fingerprint density at radius 2 is 1.76 bits per heavy atom. The number of nitrogens with one attached hydrogen (secondary N) is 1. The molecule has 1 N–H and O–H groups in total. The zero-order chi connectivity index (χ0) is 23.5. The van der Waals surface area contributed by atoms with E-state index >= 15 is 0 Å². The molecule has 0 atom stereocenters. The molecule has 0 unspecified atom stereocenters. The van der Waals surface area contributed by atoms with Crippen LogP contribution < -0.4 is 4.72 Å². The second-order valence-corrected chi connectivity index (χ2v) is 10.6. The Kier molecular flexibility index (Phi) is 7.21. The molecule has 1 fully saturated rings. The van der Waals surface area contributed by atoms with Gasteiger partial charge in [-0.15, -0.1) is 0 Å². The largest absolute Gasteiger partial charge is 0.328 e. The molecule has 3 aliphatic heterocycles. The molecule has 5 rings (SSSR count). The van der Waals surface area contributed by atoms with Crippen LogP contribution in [0.5, 0.6) is 0 Å². The summed E-state index contributed by atoms with van der Waals surface area (Å²) in [5.74, 6) is 0. The molecule has 3 heterocycles. The summed E-state index contributed by atoms with van der Waals surface area (Å²) >= 11 is 1.74. The van der Waals surface area contributed by atoms with Crippen LogP contribution in [0.15, 0.2) is 75.9 Å². The number of piperazine rings is 1. The molecule has 1 saturated heterocycles. The molecule has 6 heteroatoms. The summed E-state index contributed by atoms with van der Waals surface area (Å²) in [6, 6.07) is 15.8. The Labute approximate surface area is 208 Å². The molecule has 0 aromatic heterocycles. The number of nitrogens with zero attached hydrogens (tertiary/aromatic N) is 4. The number of hydrogen-bond donors (Lipinski definition) is 1. The predicted octanol–water partition coefficient (Wildman–Crippen LogP) is 4.62. The Balaban J connectivity index is 1.44. The van der Waals surface area contributed by atoms with E-state index in [9.17, 15) is 0 Å². The van der Waals surface area contributed by atoms with Crippen LogP contribution in [-0.4, -0.2) is 73.8 Å². The summed E-state index contributed by atoms with van der Waals surface area (Å²) in [6.45, 7) is 9.71. The molecule has 0 radical (unpaired) electrons. The van der Waals surface area contributed by atoms with Crippen molar-refractivity contribution >= 4 is 17.7 Å². The lowest BCUT2D eigenvalue weighted by Gasteiger charge is -2.33. The number of benzene rings is 2. The maximum Gasteiger partial charge on any atom is 0.0514 e. The Morgan fingerprint density at radius 1 is 0.941 bits per heavy atom. The predicted molar refractivity (Wildman–Crippen MR) is 144 cm³/mol. The molecule has 3 aliphatic rings. The highest BCUT2D eigenvalue weighted by atomic mass is 32.2. The van der Waals surface area contributed by atoms with Gasteiger partial charge in [-0.2, -0.15) is 0 Å². The summed E-state index contributed by atoms with van der Waals surface area (Å²) < 4.78 is 3.66. The van der Waals surface area contributed by atoms with Crippen LogP contribution in [0.2, 0.25) is 0 Å². The summed E-state index contributed by atoms with van der Waals surface area (Å²) in [7, 11) is 4.39. The maximum absolute atomic E-state index is 4.60. The molecule has 0 spiro atoms. The molecule has 2 aromatic carbocycles. The lowest BCUT2D eigenvalue weighted by molar-refractivity contribution is 0.148. The van der Waals surface area contributed by atoms with Gasteiger partial charge in [0.15, 0.2) is 0 Å². The minimum Gasteiger partial charge on any atom is -0.328 e. The van der Waals surface area contributed by atoms with Crippen molar-refractivity contribution in [2.45, 2.75) is 24.8 Å². The summed E-state index contributed by atoms with van der Waals surface area (Å²) in [5.41, 5.74) is 9.20. The van der Waals surface area contributed by atoms with Gasteiger partial charge in [0, 0.05) is 69.0 Å². The van der Waals surface area contributed by atoms with Crippen molar-refractivity contribution in [2.75, 3.05) is 53.4 Å². The van der Waals surface area contributed by atoms with Crippen molar-refractivity contribution in [3.8, 4) is 11.1 Å². The number of allylic oxidation sites excluding steroid dienone is 1. The third-order valence-corrected chi connectivity index (χ3v) is 7.91. The van der Waals surface area contributed by atoms with Gasteiger partial charge in [-0.1, -0.05) is 36.4 Å². The monoisotopic (exact) mass is 473 g/mol. The first-order valence-electron chi connectivity index (χ1n) is 12.2. The lowest BCUT2D eigenvalue weighted by Crippen LogP contribution is -2.43. The first-order chi connectivity index (χ1) is 16.6. The van der Waals surface area contributed by atoms with E-state index in [0.717, 1.165) is 52.2 Å². The normalized spacial score (nSPS) is 19.8. The maximum atomic E-state index is 4.60. The molecule has 0 aliphatic carbocycles. The quantitative estimate of drug-likeness (QED) is 0.594. The van der Waals surface area contributed by atoms with Crippen LogP contribution in [0.25, 0.3) is 11.1 Å². The first kappa shape index (κ1) is 23.4. The van der Waals surface area contributed by atoms with Crippen molar-refractivity contribution in [3.05, 3.63) is 77.1 Å². The zero-order valence-corrected chi connectivity index (χ0v) is 21.4. The second kappa shape index (κ2) is 10.5. The van der Waals surface area contributed by atoms with Gasteiger partial charge < -0.3 is 9.62 Å². The van der Waals surface area contributed by atoms with E-state index in [2.05, 4.69) is 94.0 Å². The van der Waals surface area contributed by atoms with E-state index < -0.39 is 0 Å². The van der Waals surface area contributed by atoms with Crippen molar-refractivity contribution in [2.24, 2.45) is 4.99 Å². The third-order valence-electron chi connectivity index (χ3n) is 6.99.